The SMILES string of the molecule is Cc1cc(Cl)ccc1N(CC(=O)N(Cc1ccc(F)cc1)[C@@H](Cc1ccccc1)C(=O)NC1CCCC1)S(=O)(=O)c1ccccc1. The summed E-state index contributed by atoms with van der Waals surface area (Å²) < 4.78 is 43.2. The highest BCUT2D eigenvalue weighted by Crippen LogP contribution is 2.30. The molecule has 0 heterocycles. The fourth-order valence-electron chi connectivity index (χ4n) is 5.84. The Morgan fingerprint density at radius 1 is 0.891 bits per heavy atom. The van der Waals surface area contributed by atoms with Crippen LogP contribution in [-0.4, -0.2) is 43.8 Å². The first-order chi connectivity index (χ1) is 22.1. The molecule has 1 aliphatic carbocycles. The van der Waals surface area contributed by atoms with Crippen molar-refractivity contribution in [1.29, 1.82) is 0 Å². The van der Waals surface area contributed by atoms with Gasteiger partial charge in [-0.3, -0.25) is 13.9 Å². The molecule has 46 heavy (non-hydrogen) atoms. The number of rotatable bonds is 12. The van der Waals surface area contributed by atoms with E-state index in [1.807, 2.05) is 30.3 Å². The van der Waals surface area contributed by atoms with E-state index in [0.29, 0.717) is 21.8 Å². The molecule has 1 fully saturated rings. The van der Waals surface area contributed by atoms with Gasteiger partial charge in [0.2, 0.25) is 11.8 Å². The second-order valence-electron chi connectivity index (χ2n) is 11.6. The molecule has 5 rings (SSSR count). The lowest BCUT2D eigenvalue weighted by atomic mass is 10.0. The summed E-state index contributed by atoms with van der Waals surface area (Å²) in [6, 6.07) is 26.8. The van der Waals surface area contributed by atoms with Gasteiger partial charge in [0.05, 0.1) is 10.6 Å². The van der Waals surface area contributed by atoms with Gasteiger partial charge in [-0.05, 0) is 78.9 Å². The third-order valence-corrected chi connectivity index (χ3v) is 10.3. The highest BCUT2D eigenvalue weighted by molar-refractivity contribution is 7.92. The van der Waals surface area contributed by atoms with E-state index in [1.54, 1.807) is 55.5 Å². The van der Waals surface area contributed by atoms with Crippen molar-refractivity contribution >= 4 is 39.1 Å². The molecule has 1 aliphatic rings. The number of sulfonamides is 1. The van der Waals surface area contributed by atoms with Crippen LogP contribution in [0.15, 0.2) is 108 Å². The Morgan fingerprint density at radius 2 is 1.52 bits per heavy atom. The van der Waals surface area contributed by atoms with E-state index in [2.05, 4.69) is 5.32 Å². The Balaban J connectivity index is 1.57. The molecule has 4 aromatic carbocycles. The number of hydrogen-bond acceptors (Lipinski definition) is 4. The first-order valence-corrected chi connectivity index (χ1v) is 17.2. The molecule has 1 N–H and O–H groups in total. The molecule has 0 aromatic heterocycles. The van der Waals surface area contributed by atoms with Crippen molar-refractivity contribution in [3.8, 4) is 0 Å². The molecule has 1 atom stereocenters. The number of nitrogens with zero attached hydrogens (tertiary/aromatic N) is 2. The van der Waals surface area contributed by atoms with E-state index in [9.17, 15) is 22.4 Å². The van der Waals surface area contributed by atoms with E-state index in [-0.39, 0.29) is 29.8 Å². The molecular weight excluding hydrogens is 625 g/mol. The molecule has 0 bridgehead atoms. The summed E-state index contributed by atoms with van der Waals surface area (Å²) in [5, 5.41) is 3.57. The molecule has 4 aromatic rings. The Labute approximate surface area is 275 Å². The van der Waals surface area contributed by atoms with Crippen LogP contribution in [0.5, 0.6) is 0 Å². The minimum absolute atomic E-state index is 0.000204. The lowest BCUT2D eigenvalue weighted by molar-refractivity contribution is -0.140. The van der Waals surface area contributed by atoms with Crippen molar-refractivity contribution in [1.82, 2.24) is 10.2 Å². The van der Waals surface area contributed by atoms with Crippen LogP contribution < -0.4 is 9.62 Å². The number of carbonyl (C=O) groups excluding carboxylic acids is 2. The Bertz CT molecular complexity index is 1750. The van der Waals surface area contributed by atoms with Crippen molar-refractivity contribution in [2.24, 2.45) is 0 Å². The van der Waals surface area contributed by atoms with E-state index in [4.69, 9.17) is 11.6 Å². The molecule has 2 amide bonds. The number of anilines is 1. The zero-order valence-corrected chi connectivity index (χ0v) is 27.2. The molecule has 0 spiro atoms. The van der Waals surface area contributed by atoms with Crippen LogP contribution in [-0.2, 0) is 32.6 Å². The van der Waals surface area contributed by atoms with Crippen molar-refractivity contribution in [3.05, 3.63) is 131 Å². The van der Waals surface area contributed by atoms with Crippen LogP contribution in [0.25, 0.3) is 0 Å². The number of aryl methyl sites for hydroxylation is 1. The van der Waals surface area contributed by atoms with Crippen molar-refractivity contribution in [2.75, 3.05) is 10.8 Å². The summed E-state index contributed by atoms with van der Waals surface area (Å²) in [6.07, 6.45) is 3.94. The lowest BCUT2D eigenvalue weighted by Crippen LogP contribution is -2.54. The summed E-state index contributed by atoms with van der Waals surface area (Å²) in [6.45, 7) is 1.11. The van der Waals surface area contributed by atoms with E-state index in [0.717, 1.165) is 35.6 Å². The molecule has 240 valence electrons. The van der Waals surface area contributed by atoms with Crippen LogP contribution in [0.4, 0.5) is 10.1 Å². The lowest BCUT2D eigenvalue weighted by Gasteiger charge is -2.34. The first kappa shape index (κ1) is 33.2. The normalized spacial score (nSPS) is 14.1. The summed E-state index contributed by atoms with van der Waals surface area (Å²) in [5.41, 5.74) is 2.29. The maximum absolute atomic E-state index is 14.6. The van der Waals surface area contributed by atoms with Gasteiger partial charge in [0, 0.05) is 24.0 Å². The van der Waals surface area contributed by atoms with Crippen molar-refractivity contribution < 1.29 is 22.4 Å². The fourth-order valence-corrected chi connectivity index (χ4v) is 7.57. The molecule has 0 radical (unpaired) electrons. The number of nitrogens with one attached hydrogen (secondary N) is 1. The van der Waals surface area contributed by atoms with E-state index in [1.165, 1.54) is 29.2 Å². The molecule has 0 saturated heterocycles. The maximum Gasteiger partial charge on any atom is 0.264 e. The minimum atomic E-state index is -4.23. The quantitative estimate of drug-likeness (QED) is 0.184. The standard InChI is InChI=1S/C36H37ClFN3O4S/c1-26-22-29(37)18-21-33(26)41(46(44,45)32-14-6-3-7-15-32)25-35(42)40(24-28-16-19-30(38)20-17-28)34(23-27-10-4-2-5-11-27)36(43)39-31-12-8-9-13-31/h2-7,10-11,14-22,31,34H,8-9,12-13,23-25H2,1H3,(H,39,43)/t34-/m0/s1. The number of benzene rings is 4. The van der Waals surface area contributed by atoms with Gasteiger partial charge >= 0.3 is 0 Å². The van der Waals surface area contributed by atoms with Crippen molar-refractivity contribution in [2.45, 2.75) is 62.6 Å². The van der Waals surface area contributed by atoms with Crippen LogP contribution in [0.3, 0.4) is 0 Å². The highest BCUT2D eigenvalue weighted by atomic mass is 35.5. The van der Waals surface area contributed by atoms with Crippen LogP contribution in [0, 0.1) is 12.7 Å². The molecule has 1 saturated carbocycles. The van der Waals surface area contributed by atoms with Gasteiger partial charge in [0.1, 0.15) is 18.4 Å². The maximum atomic E-state index is 14.6. The number of carbonyl (C=O) groups is 2. The highest BCUT2D eigenvalue weighted by Gasteiger charge is 2.36. The van der Waals surface area contributed by atoms with Crippen molar-refractivity contribution in [3.63, 3.8) is 0 Å². The number of halogens is 2. The van der Waals surface area contributed by atoms with Crippen LogP contribution in [0.1, 0.15) is 42.4 Å². The van der Waals surface area contributed by atoms with Gasteiger partial charge in [-0.2, -0.15) is 0 Å². The monoisotopic (exact) mass is 661 g/mol. The molecule has 0 unspecified atom stereocenters. The largest absolute Gasteiger partial charge is 0.352 e. The average Bonchev–Trinajstić information content (AvgIpc) is 3.56. The van der Waals surface area contributed by atoms with Gasteiger partial charge in [-0.1, -0.05) is 85.1 Å². The number of amides is 2. The summed E-state index contributed by atoms with van der Waals surface area (Å²) in [4.78, 5) is 30.1. The van der Waals surface area contributed by atoms with Gasteiger partial charge in [0.15, 0.2) is 0 Å². The minimum Gasteiger partial charge on any atom is -0.352 e. The zero-order valence-electron chi connectivity index (χ0n) is 25.6. The summed E-state index contributed by atoms with van der Waals surface area (Å²) >= 11 is 6.22. The molecule has 0 aliphatic heterocycles. The summed E-state index contributed by atoms with van der Waals surface area (Å²) in [5.74, 6) is -1.33. The third kappa shape index (κ3) is 8.13. The van der Waals surface area contributed by atoms with Gasteiger partial charge in [-0.25, -0.2) is 12.8 Å². The van der Waals surface area contributed by atoms with Gasteiger partial charge in [-0.15, -0.1) is 0 Å². The van der Waals surface area contributed by atoms with Crippen LogP contribution in [0.2, 0.25) is 5.02 Å². The first-order valence-electron chi connectivity index (χ1n) is 15.3. The Morgan fingerprint density at radius 3 is 2.15 bits per heavy atom. The predicted molar refractivity (Wildman–Crippen MR) is 178 cm³/mol. The van der Waals surface area contributed by atoms with E-state index >= 15 is 0 Å². The Kier molecular flexibility index (Phi) is 10.8. The third-order valence-electron chi connectivity index (χ3n) is 8.28. The van der Waals surface area contributed by atoms with Gasteiger partial charge < -0.3 is 10.2 Å². The smallest absolute Gasteiger partial charge is 0.264 e. The fraction of sp³-hybridized carbons (Fsp3) is 0.278. The molecule has 7 nitrogen and oxygen atoms in total. The topological polar surface area (TPSA) is 86.8 Å². The second kappa shape index (κ2) is 14.9. The molecule has 10 heteroatoms. The van der Waals surface area contributed by atoms with E-state index < -0.39 is 34.3 Å². The Hall–Kier alpha value is -4.21. The second-order valence-corrected chi connectivity index (χ2v) is 13.9. The average molecular weight is 662 g/mol. The predicted octanol–water partition coefficient (Wildman–Crippen LogP) is 6.68. The van der Waals surface area contributed by atoms with Crippen LogP contribution >= 0.6 is 11.6 Å². The molecular formula is C36H37ClFN3O4S. The summed E-state index contributed by atoms with van der Waals surface area (Å²) in [7, 11) is -4.23. The number of hydrogen-bond donors (Lipinski definition) is 1. The van der Waals surface area contributed by atoms with Gasteiger partial charge in [0.25, 0.3) is 10.0 Å². The zero-order chi connectivity index (χ0) is 32.7.